The number of rotatable bonds is 5. The maximum atomic E-state index is 11.2. The first kappa shape index (κ1) is 14.9. The highest BCUT2D eigenvalue weighted by atomic mass is 16.4. The van der Waals surface area contributed by atoms with Gasteiger partial charge < -0.3 is 16.2 Å². The summed E-state index contributed by atoms with van der Waals surface area (Å²) < 4.78 is 0. The van der Waals surface area contributed by atoms with Crippen molar-refractivity contribution < 1.29 is 9.90 Å². The topological polar surface area (TPSA) is 75.3 Å². The standard InChI is InChI=1S/C17H20N2O2/c1-11-4-3-5-13(8-11)6-7-19-14-9-12(2)16(18)15(10-14)17(20)21/h3-5,8-10,19H,6-7,18H2,1-2H3,(H,20,21). The van der Waals surface area contributed by atoms with E-state index in [1.54, 1.807) is 6.07 Å². The lowest BCUT2D eigenvalue weighted by Crippen LogP contribution is -2.09. The second kappa shape index (κ2) is 6.31. The van der Waals surface area contributed by atoms with Crippen LogP contribution in [0, 0.1) is 13.8 Å². The van der Waals surface area contributed by atoms with Crippen LogP contribution in [0.1, 0.15) is 27.0 Å². The first-order valence-electron chi connectivity index (χ1n) is 6.90. The van der Waals surface area contributed by atoms with E-state index in [9.17, 15) is 4.79 Å². The fourth-order valence-electron chi connectivity index (χ4n) is 2.30. The number of benzene rings is 2. The molecule has 4 nitrogen and oxygen atoms in total. The molecule has 2 rings (SSSR count). The van der Waals surface area contributed by atoms with E-state index >= 15 is 0 Å². The molecule has 0 heterocycles. The van der Waals surface area contributed by atoms with Gasteiger partial charge in [-0.2, -0.15) is 0 Å². The molecule has 0 unspecified atom stereocenters. The van der Waals surface area contributed by atoms with Gasteiger partial charge in [-0.3, -0.25) is 0 Å². The molecule has 0 aliphatic rings. The van der Waals surface area contributed by atoms with E-state index in [-0.39, 0.29) is 5.56 Å². The fraction of sp³-hybridized carbons (Fsp3) is 0.235. The molecule has 0 spiro atoms. The highest BCUT2D eigenvalue weighted by Crippen LogP contribution is 2.22. The van der Waals surface area contributed by atoms with Crippen molar-refractivity contribution in [3.63, 3.8) is 0 Å². The molecule has 4 N–H and O–H groups in total. The van der Waals surface area contributed by atoms with Crippen LogP contribution in [-0.4, -0.2) is 17.6 Å². The van der Waals surface area contributed by atoms with E-state index in [1.165, 1.54) is 11.1 Å². The van der Waals surface area contributed by atoms with E-state index < -0.39 is 5.97 Å². The summed E-state index contributed by atoms with van der Waals surface area (Å²) in [5.74, 6) is -1.00. The normalized spacial score (nSPS) is 10.4. The second-order valence-electron chi connectivity index (χ2n) is 5.23. The van der Waals surface area contributed by atoms with Crippen molar-refractivity contribution in [2.45, 2.75) is 20.3 Å². The summed E-state index contributed by atoms with van der Waals surface area (Å²) in [7, 11) is 0. The maximum Gasteiger partial charge on any atom is 0.337 e. The van der Waals surface area contributed by atoms with Crippen molar-refractivity contribution in [1.29, 1.82) is 0 Å². The Morgan fingerprint density at radius 1 is 1.24 bits per heavy atom. The van der Waals surface area contributed by atoms with Crippen molar-refractivity contribution in [3.8, 4) is 0 Å². The lowest BCUT2D eigenvalue weighted by Gasteiger charge is -2.11. The number of carbonyl (C=O) groups is 1. The zero-order valence-electron chi connectivity index (χ0n) is 12.3. The van der Waals surface area contributed by atoms with E-state index in [4.69, 9.17) is 10.8 Å². The quantitative estimate of drug-likeness (QED) is 0.737. The average Bonchev–Trinajstić information content (AvgIpc) is 2.42. The highest BCUT2D eigenvalue weighted by molar-refractivity contribution is 5.95. The van der Waals surface area contributed by atoms with E-state index in [0.29, 0.717) is 5.69 Å². The lowest BCUT2D eigenvalue weighted by atomic mass is 10.1. The molecule has 110 valence electrons. The van der Waals surface area contributed by atoms with Gasteiger partial charge in [0.15, 0.2) is 0 Å². The Kier molecular flexibility index (Phi) is 4.48. The van der Waals surface area contributed by atoms with Gasteiger partial charge in [0.05, 0.1) is 5.56 Å². The lowest BCUT2D eigenvalue weighted by molar-refractivity contribution is 0.0698. The molecule has 0 saturated carbocycles. The monoisotopic (exact) mass is 284 g/mol. The fourth-order valence-corrected chi connectivity index (χ4v) is 2.30. The van der Waals surface area contributed by atoms with Crippen LogP contribution in [-0.2, 0) is 6.42 Å². The van der Waals surface area contributed by atoms with Crippen LogP contribution in [0.25, 0.3) is 0 Å². The molecule has 0 saturated heterocycles. The number of aryl methyl sites for hydroxylation is 2. The molecule has 0 fully saturated rings. The van der Waals surface area contributed by atoms with Crippen LogP contribution < -0.4 is 11.1 Å². The zero-order chi connectivity index (χ0) is 15.4. The van der Waals surface area contributed by atoms with E-state index in [2.05, 4.69) is 30.4 Å². The van der Waals surface area contributed by atoms with Gasteiger partial charge in [-0.1, -0.05) is 29.8 Å². The minimum absolute atomic E-state index is 0.146. The summed E-state index contributed by atoms with van der Waals surface area (Å²) in [5, 5.41) is 12.4. The third-order valence-electron chi connectivity index (χ3n) is 3.44. The Hall–Kier alpha value is -2.49. The van der Waals surface area contributed by atoms with Gasteiger partial charge in [0.25, 0.3) is 0 Å². The Labute approximate surface area is 124 Å². The number of hydrogen-bond acceptors (Lipinski definition) is 3. The molecule has 2 aromatic rings. The molecule has 0 aliphatic carbocycles. The number of nitrogen functional groups attached to an aromatic ring is 1. The van der Waals surface area contributed by atoms with Gasteiger partial charge in [0, 0.05) is 17.9 Å². The van der Waals surface area contributed by atoms with Crippen molar-refractivity contribution in [2.24, 2.45) is 0 Å². The molecule has 2 aromatic carbocycles. The van der Waals surface area contributed by atoms with Crippen molar-refractivity contribution >= 4 is 17.3 Å². The van der Waals surface area contributed by atoms with Crippen molar-refractivity contribution in [3.05, 3.63) is 58.7 Å². The number of nitrogens with two attached hydrogens (primary N) is 1. The summed E-state index contributed by atoms with van der Waals surface area (Å²) >= 11 is 0. The summed E-state index contributed by atoms with van der Waals surface area (Å²) in [4.78, 5) is 11.2. The van der Waals surface area contributed by atoms with Crippen LogP contribution in [0.5, 0.6) is 0 Å². The largest absolute Gasteiger partial charge is 0.478 e. The Bertz CT molecular complexity index is 666. The summed E-state index contributed by atoms with van der Waals surface area (Å²) in [6, 6.07) is 11.8. The third-order valence-corrected chi connectivity index (χ3v) is 3.44. The van der Waals surface area contributed by atoms with Crippen molar-refractivity contribution in [2.75, 3.05) is 17.6 Å². The zero-order valence-corrected chi connectivity index (χ0v) is 12.3. The molecule has 4 heteroatoms. The molecule has 0 atom stereocenters. The van der Waals surface area contributed by atoms with E-state index in [0.717, 1.165) is 24.2 Å². The minimum atomic E-state index is -1.00. The molecular formula is C17H20N2O2. The molecule has 0 bridgehead atoms. The second-order valence-corrected chi connectivity index (χ2v) is 5.23. The number of carboxylic acids is 1. The Balaban J connectivity index is 2.05. The van der Waals surface area contributed by atoms with Crippen LogP contribution in [0.4, 0.5) is 11.4 Å². The van der Waals surface area contributed by atoms with Gasteiger partial charge in [-0.05, 0) is 43.5 Å². The van der Waals surface area contributed by atoms with Crippen molar-refractivity contribution in [1.82, 2.24) is 0 Å². The molecule has 0 aromatic heterocycles. The summed E-state index contributed by atoms with van der Waals surface area (Å²) in [6.45, 7) is 4.62. The number of hydrogen-bond donors (Lipinski definition) is 3. The van der Waals surface area contributed by atoms with Gasteiger partial charge >= 0.3 is 5.97 Å². The third kappa shape index (κ3) is 3.75. The average molecular weight is 284 g/mol. The van der Waals surface area contributed by atoms with Gasteiger partial charge in [0.2, 0.25) is 0 Å². The van der Waals surface area contributed by atoms with E-state index in [1.807, 2.05) is 19.1 Å². The smallest absolute Gasteiger partial charge is 0.337 e. The number of aromatic carboxylic acids is 1. The number of nitrogens with one attached hydrogen (secondary N) is 1. The molecule has 21 heavy (non-hydrogen) atoms. The molecule has 0 aliphatic heterocycles. The first-order chi connectivity index (χ1) is 9.97. The Morgan fingerprint density at radius 2 is 2.00 bits per heavy atom. The molecular weight excluding hydrogens is 264 g/mol. The summed E-state index contributed by atoms with van der Waals surface area (Å²) in [6.07, 6.45) is 0.882. The van der Waals surface area contributed by atoms with Gasteiger partial charge in [-0.25, -0.2) is 4.79 Å². The van der Waals surface area contributed by atoms with Gasteiger partial charge in [0.1, 0.15) is 0 Å². The maximum absolute atomic E-state index is 11.2. The first-order valence-corrected chi connectivity index (χ1v) is 6.90. The highest BCUT2D eigenvalue weighted by Gasteiger charge is 2.11. The molecule has 0 radical (unpaired) electrons. The van der Waals surface area contributed by atoms with Crippen LogP contribution in [0.3, 0.4) is 0 Å². The van der Waals surface area contributed by atoms with Gasteiger partial charge in [-0.15, -0.1) is 0 Å². The van der Waals surface area contributed by atoms with Crippen LogP contribution in [0.15, 0.2) is 36.4 Å². The van der Waals surface area contributed by atoms with Crippen LogP contribution in [0.2, 0.25) is 0 Å². The predicted molar refractivity (Wildman–Crippen MR) is 85.9 cm³/mol. The Morgan fingerprint density at radius 3 is 2.67 bits per heavy atom. The minimum Gasteiger partial charge on any atom is -0.478 e. The SMILES string of the molecule is Cc1cccc(CCNc2cc(C)c(N)c(C(=O)O)c2)c1. The van der Waals surface area contributed by atoms with Crippen LogP contribution >= 0.6 is 0 Å². The number of anilines is 2. The summed E-state index contributed by atoms with van der Waals surface area (Å²) in [5.41, 5.74) is 10.3. The predicted octanol–water partition coefficient (Wildman–Crippen LogP) is 3.24. The number of carboxylic acid groups (broad SMARTS) is 1. The molecule has 0 amide bonds.